The highest BCUT2D eigenvalue weighted by Crippen LogP contribution is 2.51. The zero-order chi connectivity index (χ0) is 68.9. The molecule has 9 aromatic rings. The van der Waals surface area contributed by atoms with Crippen LogP contribution >= 0.6 is 83.9 Å². The highest BCUT2D eigenvalue weighted by atomic mass is 79.9. The number of nitrogens with zero attached hydrogens (tertiary/aromatic N) is 9. The molecule has 502 valence electrons. The predicted molar refractivity (Wildman–Crippen MR) is 372 cm³/mol. The normalized spacial score (nSPS) is 16.2. The van der Waals surface area contributed by atoms with Gasteiger partial charge in [-0.25, -0.2) is 0 Å². The van der Waals surface area contributed by atoms with Gasteiger partial charge in [0, 0.05) is 95.1 Å². The molecule has 0 aliphatic carbocycles. The van der Waals surface area contributed by atoms with Gasteiger partial charge in [0.15, 0.2) is 0 Å². The van der Waals surface area contributed by atoms with E-state index in [1.807, 2.05) is 124 Å². The number of nitrogen functional groups attached to an aromatic ring is 1. The van der Waals surface area contributed by atoms with Gasteiger partial charge in [0.25, 0.3) is 5.79 Å². The van der Waals surface area contributed by atoms with Gasteiger partial charge in [-0.05, 0) is 141 Å². The van der Waals surface area contributed by atoms with E-state index in [0.29, 0.717) is 40.2 Å². The molecule has 0 bridgehead atoms. The van der Waals surface area contributed by atoms with Crippen LogP contribution in [0, 0.1) is 20.8 Å². The van der Waals surface area contributed by atoms with E-state index in [1.54, 1.807) is 49.5 Å². The number of rotatable bonds is 11. The average Bonchev–Trinajstić information content (AvgIpc) is 1.61. The van der Waals surface area contributed by atoms with Gasteiger partial charge in [-0.2, -0.15) is 67.4 Å². The molecular formula is C65H68Br3F9N12O2S3. The highest BCUT2D eigenvalue weighted by Gasteiger charge is 2.57. The van der Waals surface area contributed by atoms with Crippen LogP contribution in [0.3, 0.4) is 0 Å². The second-order valence-electron chi connectivity index (χ2n) is 21.1. The molecule has 4 atom stereocenters. The van der Waals surface area contributed by atoms with Gasteiger partial charge in [0.2, 0.25) is 0 Å². The lowest BCUT2D eigenvalue weighted by Gasteiger charge is -2.33. The summed E-state index contributed by atoms with van der Waals surface area (Å²) in [6.45, 7) is 12.5. The van der Waals surface area contributed by atoms with Crippen LogP contribution in [-0.2, 0) is 30.6 Å². The number of halogens is 12. The third-order valence-electron chi connectivity index (χ3n) is 14.5. The number of anilines is 3. The quantitative estimate of drug-likeness (QED) is 0.0551. The van der Waals surface area contributed by atoms with Gasteiger partial charge in [0.05, 0.1) is 33.3 Å². The zero-order valence-corrected chi connectivity index (χ0v) is 59.3. The number of fused-ring (bicyclic) bond motifs is 2. The van der Waals surface area contributed by atoms with Crippen molar-refractivity contribution in [2.75, 3.05) is 46.8 Å². The molecule has 0 radical (unpaired) electrons. The van der Waals surface area contributed by atoms with E-state index in [0.717, 1.165) is 58.2 Å². The number of nitrogens with one attached hydrogen (secondary N) is 2. The minimum atomic E-state index is -4.55. The first-order valence-corrected chi connectivity index (χ1v) is 34.0. The lowest BCUT2D eigenvalue weighted by molar-refractivity contribution is -0.367. The molecule has 94 heavy (non-hydrogen) atoms. The molecule has 8 heterocycles. The Kier molecular flexibility index (Phi) is 26.4. The Labute approximate surface area is 578 Å². The molecule has 3 aromatic carbocycles. The third kappa shape index (κ3) is 18.8. The maximum Gasteiger partial charge on any atom is 0.444 e. The molecule has 0 spiro atoms. The lowest BCUT2D eigenvalue weighted by atomic mass is 9.98. The number of aryl methyl sites for hydroxylation is 6. The van der Waals surface area contributed by atoms with E-state index in [-0.39, 0.29) is 35.2 Å². The van der Waals surface area contributed by atoms with Crippen LogP contribution in [0.15, 0.2) is 154 Å². The van der Waals surface area contributed by atoms with E-state index in [1.165, 1.54) is 57.9 Å². The van der Waals surface area contributed by atoms with Crippen LogP contribution in [-0.4, -0.2) is 111 Å². The number of thioether (sulfide) groups is 2. The first-order chi connectivity index (χ1) is 44.4. The number of nitrogens with two attached hydrogens (primary N) is 1. The van der Waals surface area contributed by atoms with Crippen LogP contribution in [0.2, 0.25) is 0 Å². The summed E-state index contributed by atoms with van der Waals surface area (Å²) >= 11 is 16.5. The molecule has 0 unspecified atom stereocenters. The molecule has 29 heteroatoms. The van der Waals surface area contributed by atoms with Crippen LogP contribution in [0.4, 0.5) is 57.0 Å². The Morgan fingerprint density at radius 2 is 0.979 bits per heavy atom. The third-order valence-corrected chi connectivity index (χ3v) is 19.1. The Morgan fingerprint density at radius 1 is 0.574 bits per heavy atom. The molecule has 2 aliphatic heterocycles. The molecule has 6 aromatic heterocycles. The minimum absolute atomic E-state index is 0.0694. The standard InChI is InChI=1S/2C20H18BrF3N4S.C9H9Br.C9H10N4.C7H13F3O2S/c2*1-11-9-12(21)6-7-13(11)18-16-17(14-5-3-4-8-25-14)27-28(2)19(16)26-15(10-29-18)20(22,23)24;1-3-8-4-5-9(10)6-7(8)2;1-13-9(10)6-8(12-13)7-4-2-3-5-11-7;1-3-11-6(5-13,12-4-2)7(8,9)10/h2*3-9,15,18,26H,10H2,1-2H3;3-6H,1H2,2H3;2-6H,10H2,1H3;13H,3-5H2,1-2H3/t15-,18+;15-,18-;;;/m10.../s1. The molecule has 0 saturated heterocycles. The van der Waals surface area contributed by atoms with Gasteiger partial charge >= 0.3 is 18.5 Å². The van der Waals surface area contributed by atoms with Crippen molar-refractivity contribution in [1.29, 1.82) is 0 Å². The van der Waals surface area contributed by atoms with Gasteiger partial charge in [-0.3, -0.25) is 29.0 Å². The van der Waals surface area contributed by atoms with Crippen molar-refractivity contribution in [3.8, 4) is 34.2 Å². The van der Waals surface area contributed by atoms with Gasteiger partial charge in [0.1, 0.15) is 46.6 Å². The topological polar surface area (TPSA) is 161 Å². The first-order valence-electron chi connectivity index (χ1n) is 28.9. The molecule has 14 nitrogen and oxygen atoms in total. The zero-order valence-electron chi connectivity index (χ0n) is 52.0. The Balaban J connectivity index is 0.000000178. The summed E-state index contributed by atoms with van der Waals surface area (Å²) in [6, 6.07) is 33.0. The summed E-state index contributed by atoms with van der Waals surface area (Å²) in [5, 5.41) is 18.1. The van der Waals surface area contributed by atoms with Crippen molar-refractivity contribution in [1.82, 2.24) is 44.3 Å². The maximum atomic E-state index is 13.6. The number of benzene rings is 3. The van der Waals surface area contributed by atoms with Gasteiger partial charge in [-0.1, -0.05) is 96.8 Å². The monoisotopic (exact) mass is 1550 g/mol. The fourth-order valence-corrected chi connectivity index (χ4v) is 14.6. The number of pyridine rings is 3. The van der Waals surface area contributed by atoms with E-state index in [4.69, 9.17) is 5.73 Å². The Hall–Kier alpha value is -6.34. The second kappa shape index (κ2) is 33.1. The fourth-order valence-electron chi connectivity index (χ4n) is 9.82. The number of hydrogen-bond acceptors (Lipinski definition) is 14. The predicted octanol–water partition coefficient (Wildman–Crippen LogP) is 18.2. The van der Waals surface area contributed by atoms with E-state index < -0.39 is 42.2 Å². The summed E-state index contributed by atoms with van der Waals surface area (Å²) in [7, 11) is 5.13. The van der Waals surface area contributed by atoms with Gasteiger partial charge < -0.3 is 25.8 Å². The largest absolute Gasteiger partial charge is 0.444 e. The van der Waals surface area contributed by atoms with E-state index >= 15 is 0 Å². The van der Waals surface area contributed by atoms with Crippen molar-refractivity contribution in [2.45, 2.75) is 81.5 Å². The smallest absolute Gasteiger partial charge is 0.384 e. The molecule has 2 aliphatic rings. The number of ether oxygens (including phenoxy) is 2. The molecule has 4 N–H and O–H groups in total. The fraction of sp³-hybridized carbons (Fsp3) is 0.323. The SMILES string of the molecule is C=Cc1ccc(Br)cc1C.CCOC(CS)(OCC)C(F)(F)F.Cc1cc(Br)ccc1[C@@H]1SC[C@@H](C(F)(F)F)Nc2c1c(-c1ccccn1)nn2C.Cc1cc(Br)ccc1[C@@H]1SC[C@H](C(F)(F)F)Nc2c1c(-c1ccccn1)nn2C.Cn1nc(-c2ccccn2)cc1N. The molecule has 0 fully saturated rings. The van der Waals surface area contributed by atoms with E-state index in [9.17, 15) is 39.5 Å². The molecule has 0 saturated carbocycles. The van der Waals surface area contributed by atoms with Crippen molar-refractivity contribution in [3.63, 3.8) is 0 Å². The molecule has 0 amide bonds. The summed E-state index contributed by atoms with van der Waals surface area (Å²) in [5.74, 6) is -1.89. The lowest BCUT2D eigenvalue weighted by Crippen LogP contribution is -2.52. The van der Waals surface area contributed by atoms with Crippen molar-refractivity contribution in [3.05, 3.63) is 198 Å². The summed E-state index contributed by atoms with van der Waals surface area (Å²) < 4.78 is 136. The summed E-state index contributed by atoms with van der Waals surface area (Å²) in [6.07, 6.45) is -6.35. The highest BCUT2D eigenvalue weighted by molar-refractivity contribution is 9.11. The number of aromatic nitrogens is 9. The van der Waals surface area contributed by atoms with Crippen LogP contribution in [0.5, 0.6) is 0 Å². The van der Waals surface area contributed by atoms with Crippen LogP contribution in [0.1, 0.15) is 68.9 Å². The summed E-state index contributed by atoms with van der Waals surface area (Å²) in [4.78, 5) is 13.0. The molecule has 11 rings (SSSR count). The average molecular weight is 1560 g/mol. The van der Waals surface area contributed by atoms with E-state index in [2.05, 4.69) is 130 Å². The van der Waals surface area contributed by atoms with Crippen molar-refractivity contribution < 1.29 is 49.0 Å². The van der Waals surface area contributed by atoms with Crippen LogP contribution < -0.4 is 16.4 Å². The number of hydrogen-bond donors (Lipinski definition) is 4. The molecular weight excluding hydrogens is 1490 g/mol. The Morgan fingerprint density at radius 3 is 1.30 bits per heavy atom. The Bertz CT molecular complexity index is 3760. The van der Waals surface area contributed by atoms with Crippen molar-refractivity contribution >= 4 is 107 Å². The van der Waals surface area contributed by atoms with Crippen molar-refractivity contribution in [2.24, 2.45) is 21.1 Å². The van der Waals surface area contributed by atoms with Crippen LogP contribution in [0.25, 0.3) is 40.2 Å². The second-order valence-corrected chi connectivity index (χ2v) is 26.4. The summed E-state index contributed by atoms with van der Waals surface area (Å²) in [5.41, 5.74) is 17.6. The number of alkyl halides is 9. The maximum absolute atomic E-state index is 13.6. The number of thiol groups is 1. The first kappa shape index (κ1) is 75.0. The minimum Gasteiger partial charge on any atom is -0.384 e. The van der Waals surface area contributed by atoms with Gasteiger partial charge in [-0.15, -0.1) is 23.5 Å².